The van der Waals surface area contributed by atoms with Gasteiger partial charge in [-0.1, -0.05) is 30.3 Å². The summed E-state index contributed by atoms with van der Waals surface area (Å²) in [6, 6.07) is 11.2. The lowest BCUT2D eigenvalue weighted by Crippen LogP contribution is -2.37. The SMILES string of the molecule is CCn1cc(-c2ccccc2[C@@H]2CN(C(=O)/C=C/C(C3CC3)N(C)C)Cc3sc(C#N)cc32)c(C(F)(F)F)n1. The molecular formula is C29H30F3N5OS. The number of amides is 1. The van der Waals surface area contributed by atoms with Crippen molar-refractivity contribution in [3.8, 4) is 17.2 Å². The van der Waals surface area contributed by atoms with Gasteiger partial charge in [-0.25, -0.2) is 0 Å². The van der Waals surface area contributed by atoms with Crippen molar-refractivity contribution >= 4 is 17.2 Å². The van der Waals surface area contributed by atoms with E-state index in [0.717, 1.165) is 23.3 Å². The Balaban J connectivity index is 1.55. The summed E-state index contributed by atoms with van der Waals surface area (Å²) in [5.41, 5.74) is 1.07. The molecule has 1 unspecified atom stereocenters. The van der Waals surface area contributed by atoms with Crippen LogP contribution in [0.15, 0.2) is 48.7 Å². The number of hydrogen-bond acceptors (Lipinski definition) is 5. The van der Waals surface area contributed by atoms with Crippen LogP contribution in [0, 0.1) is 17.2 Å². The molecule has 10 heteroatoms. The summed E-state index contributed by atoms with van der Waals surface area (Å²) >= 11 is 1.33. The van der Waals surface area contributed by atoms with Gasteiger partial charge in [-0.3, -0.25) is 9.48 Å². The predicted octanol–water partition coefficient (Wildman–Crippen LogP) is 5.89. The van der Waals surface area contributed by atoms with Crippen LogP contribution in [0.1, 0.15) is 52.3 Å². The molecule has 6 nitrogen and oxygen atoms in total. The molecular weight excluding hydrogens is 523 g/mol. The van der Waals surface area contributed by atoms with Crippen LogP contribution in [0.5, 0.6) is 0 Å². The molecule has 1 amide bonds. The van der Waals surface area contributed by atoms with E-state index in [1.54, 1.807) is 36.1 Å². The summed E-state index contributed by atoms with van der Waals surface area (Å²) < 4.78 is 43.3. The van der Waals surface area contributed by atoms with Gasteiger partial charge in [0.15, 0.2) is 5.69 Å². The number of nitriles is 1. The zero-order valence-corrected chi connectivity index (χ0v) is 22.9. The van der Waals surface area contributed by atoms with Gasteiger partial charge in [0.25, 0.3) is 0 Å². The lowest BCUT2D eigenvalue weighted by Gasteiger charge is -2.33. The Labute approximate surface area is 230 Å². The molecule has 0 spiro atoms. The van der Waals surface area contributed by atoms with Crippen LogP contribution in [0.4, 0.5) is 13.2 Å². The highest BCUT2D eigenvalue weighted by Crippen LogP contribution is 2.44. The number of aromatic nitrogens is 2. The fraction of sp³-hybridized carbons (Fsp3) is 0.414. The predicted molar refractivity (Wildman–Crippen MR) is 144 cm³/mol. The first-order valence-electron chi connectivity index (χ1n) is 13.0. The van der Waals surface area contributed by atoms with Gasteiger partial charge in [0.05, 0.1) is 6.54 Å². The number of benzene rings is 1. The highest BCUT2D eigenvalue weighted by Gasteiger charge is 2.39. The minimum Gasteiger partial charge on any atom is -0.333 e. The first-order chi connectivity index (χ1) is 18.6. The Bertz CT molecular complexity index is 1440. The van der Waals surface area contributed by atoms with Gasteiger partial charge >= 0.3 is 6.18 Å². The highest BCUT2D eigenvalue weighted by atomic mass is 32.1. The van der Waals surface area contributed by atoms with Crippen molar-refractivity contribution < 1.29 is 18.0 Å². The molecule has 204 valence electrons. The van der Waals surface area contributed by atoms with E-state index in [-0.39, 0.29) is 23.4 Å². The van der Waals surface area contributed by atoms with Gasteiger partial charge in [-0.15, -0.1) is 11.3 Å². The second-order valence-corrected chi connectivity index (χ2v) is 11.5. The number of hydrogen-bond donors (Lipinski definition) is 0. The molecule has 0 radical (unpaired) electrons. The van der Waals surface area contributed by atoms with Crippen LogP contribution in [0.25, 0.3) is 11.1 Å². The number of nitrogens with zero attached hydrogens (tertiary/aromatic N) is 5. The topological polar surface area (TPSA) is 65.2 Å². The van der Waals surface area contributed by atoms with Crippen LogP contribution in [-0.2, 0) is 24.1 Å². The Morgan fingerprint density at radius 2 is 2.00 bits per heavy atom. The second kappa shape index (κ2) is 10.6. The van der Waals surface area contributed by atoms with Crippen molar-refractivity contribution in [2.24, 2.45) is 5.92 Å². The van der Waals surface area contributed by atoms with Gasteiger partial charge in [0.2, 0.25) is 5.91 Å². The maximum absolute atomic E-state index is 14.0. The molecule has 1 aliphatic carbocycles. The third-order valence-corrected chi connectivity index (χ3v) is 8.53. The number of aryl methyl sites for hydroxylation is 1. The van der Waals surface area contributed by atoms with Crippen LogP contribution in [-0.4, -0.2) is 52.2 Å². The number of carbonyl (C=O) groups excluding carboxylic acids is 1. The molecule has 2 aromatic heterocycles. The molecule has 1 aliphatic heterocycles. The van der Waals surface area contributed by atoms with Crippen molar-refractivity contribution in [3.05, 3.63) is 75.3 Å². The largest absolute Gasteiger partial charge is 0.435 e. The quantitative estimate of drug-likeness (QED) is 0.342. The Hall–Kier alpha value is -3.42. The van der Waals surface area contributed by atoms with Crippen molar-refractivity contribution in [2.75, 3.05) is 20.6 Å². The van der Waals surface area contributed by atoms with Gasteiger partial charge in [0.1, 0.15) is 10.9 Å². The molecule has 0 saturated heterocycles. The Morgan fingerprint density at radius 1 is 1.26 bits per heavy atom. The zero-order chi connectivity index (χ0) is 27.9. The van der Waals surface area contributed by atoms with Crippen LogP contribution in [0.3, 0.4) is 0 Å². The van der Waals surface area contributed by atoms with E-state index in [0.29, 0.717) is 41.6 Å². The molecule has 3 aromatic rings. The zero-order valence-electron chi connectivity index (χ0n) is 22.1. The number of likely N-dealkylation sites (N-methyl/N-ethyl adjacent to an activating group) is 1. The molecule has 39 heavy (non-hydrogen) atoms. The van der Waals surface area contributed by atoms with Gasteiger partial charge in [-0.2, -0.15) is 23.5 Å². The summed E-state index contributed by atoms with van der Waals surface area (Å²) in [7, 11) is 4.01. The molecule has 5 rings (SSSR count). The standard InChI is InChI=1S/C29H30F3N5OS/c1-4-37-16-24(28(34-37)29(30,31)32)21-8-6-5-7-20(21)23-15-36(17-26-22(23)13-19(14-33)39-26)27(38)12-11-25(35(2)3)18-9-10-18/h5-8,11-13,16,18,23,25H,4,9-10,15,17H2,1-3H3/b12-11+/t23-,25?/m0/s1. The maximum atomic E-state index is 14.0. The minimum atomic E-state index is -4.62. The number of carbonyl (C=O) groups is 1. The van der Waals surface area contributed by atoms with E-state index in [1.165, 1.54) is 22.2 Å². The Morgan fingerprint density at radius 3 is 2.64 bits per heavy atom. The minimum absolute atomic E-state index is 0.0128. The highest BCUT2D eigenvalue weighted by molar-refractivity contribution is 7.12. The summed E-state index contributed by atoms with van der Waals surface area (Å²) in [4.78, 5) is 18.7. The summed E-state index contributed by atoms with van der Waals surface area (Å²) in [5.74, 6) is 0.0242. The molecule has 3 heterocycles. The number of halogens is 3. The van der Waals surface area contributed by atoms with Crippen LogP contribution < -0.4 is 0 Å². The fourth-order valence-electron chi connectivity index (χ4n) is 5.42. The summed E-state index contributed by atoms with van der Waals surface area (Å²) in [6.45, 7) is 2.71. The number of thiophene rings is 1. The third-order valence-electron chi connectivity index (χ3n) is 7.49. The molecule has 0 N–H and O–H groups in total. The average molecular weight is 554 g/mol. The number of alkyl halides is 3. The normalized spacial score (nSPS) is 18.4. The van der Waals surface area contributed by atoms with Crippen molar-refractivity contribution in [2.45, 2.75) is 51.0 Å². The molecule has 1 fully saturated rings. The molecule has 0 bridgehead atoms. The van der Waals surface area contributed by atoms with Crippen molar-refractivity contribution in [1.82, 2.24) is 19.6 Å². The number of fused-ring (bicyclic) bond motifs is 1. The molecule has 1 saturated carbocycles. The lowest BCUT2D eigenvalue weighted by atomic mass is 9.83. The monoisotopic (exact) mass is 553 g/mol. The average Bonchev–Trinajstić information content (AvgIpc) is 3.48. The van der Waals surface area contributed by atoms with E-state index in [4.69, 9.17) is 0 Å². The van der Waals surface area contributed by atoms with E-state index < -0.39 is 11.9 Å². The third kappa shape index (κ3) is 5.52. The van der Waals surface area contributed by atoms with Crippen molar-refractivity contribution in [1.29, 1.82) is 5.26 Å². The second-order valence-electron chi connectivity index (χ2n) is 10.4. The maximum Gasteiger partial charge on any atom is 0.435 e. The molecule has 2 aliphatic rings. The van der Waals surface area contributed by atoms with Gasteiger partial charge in [-0.05, 0) is 62.5 Å². The van der Waals surface area contributed by atoms with E-state index in [2.05, 4.69) is 16.1 Å². The van der Waals surface area contributed by atoms with E-state index in [9.17, 15) is 23.2 Å². The molecule has 2 atom stereocenters. The first-order valence-corrected chi connectivity index (χ1v) is 13.8. The first kappa shape index (κ1) is 27.2. The van der Waals surface area contributed by atoms with Crippen LogP contribution >= 0.6 is 11.3 Å². The Kier molecular flexibility index (Phi) is 7.40. The van der Waals surface area contributed by atoms with Gasteiger partial charge < -0.3 is 9.80 Å². The smallest absolute Gasteiger partial charge is 0.333 e. The van der Waals surface area contributed by atoms with E-state index >= 15 is 0 Å². The van der Waals surface area contributed by atoms with E-state index in [1.807, 2.05) is 32.3 Å². The number of rotatable bonds is 7. The van der Waals surface area contributed by atoms with Crippen molar-refractivity contribution in [3.63, 3.8) is 0 Å². The summed E-state index contributed by atoms with van der Waals surface area (Å²) in [5, 5.41) is 13.4. The molecule has 1 aromatic carbocycles. The summed E-state index contributed by atoms with van der Waals surface area (Å²) in [6.07, 6.45) is 2.70. The van der Waals surface area contributed by atoms with Gasteiger partial charge in [0, 0.05) is 47.8 Å². The fourth-order valence-corrected chi connectivity index (χ4v) is 6.45. The van der Waals surface area contributed by atoms with Crippen LogP contribution in [0.2, 0.25) is 0 Å². The lowest BCUT2D eigenvalue weighted by molar-refractivity contribution is -0.141.